The molecule has 2 aromatic heterocycles. The predicted molar refractivity (Wildman–Crippen MR) is 87.4 cm³/mol. The minimum absolute atomic E-state index is 0.227. The number of pyridine rings is 1. The van der Waals surface area contributed by atoms with Gasteiger partial charge in [0.15, 0.2) is 5.69 Å². The molecule has 2 aromatic rings. The molecule has 0 N–H and O–H groups in total. The molecule has 1 aliphatic rings. The molecule has 0 saturated carbocycles. The molecule has 3 heterocycles. The molecule has 10 heteroatoms. The maximum Gasteiger partial charge on any atom is 0.433 e. The molecule has 27 heavy (non-hydrogen) atoms. The molecule has 0 aromatic carbocycles. The molecule has 3 rings (SSSR count). The van der Waals surface area contributed by atoms with Gasteiger partial charge in [0, 0.05) is 25.0 Å². The summed E-state index contributed by atoms with van der Waals surface area (Å²) in [5, 5.41) is 0. The van der Waals surface area contributed by atoms with Crippen LogP contribution in [-0.2, 0) is 6.18 Å². The summed E-state index contributed by atoms with van der Waals surface area (Å²) in [6.07, 6.45) is -1.40. The number of methoxy groups -OCH3 is 1. The van der Waals surface area contributed by atoms with E-state index < -0.39 is 18.0 Å². The normalized spacial score (nSPS) is 17.5. The predicted octanol–water partition coefficient (Wildman–Crippen LogP) is 2.58. The number of piperidine rings is 1. The Morgan fingerprint density at radius 3 is 2.74 bits per heavy atom. The highest BCUT2D eigenvalue weighted by Crippen LogP contribution is 2.28. The molecule has 1 unspecified atom stereocenters. The van der Waals surface area contributed by atoms with Gasteiger partial charge in [-0.2, -0.15) is 18.2 Å². The Labute approximate surface area is 153 Å². The molecular formula is C17H17F3N4O3. The lowest BCUT2D eigenvalue weighted by Crippen LogP contribution is -2.44. The third-order valence-electron chi connectivity index (χ3n) is 4.05. The van der Waals surface area contributed by atoms with Crippen molar-refractivity contribution < 1.29 is 27.4 Å². The molecule has 0 spiro atoms. The van der Waals surface area contributed by atoms with E-state index in [1.165, 1.54) is 13.3 Å². The van der Waals surface area contributed by atoms with Crippen molar-refractivity contribution in [1.82, 2.24) is 19.9 Å². The summed E-state index contributed by atoms with van der Waals surface area (Å²) in [5.74, 6) is 0.163. The molecule has 1 atom stereocenters. The van der Waals surface area contributed by atoms with E-state index in [1.54, 1.807) is 17.0 Å². The summed E-state index contributed by atoms with van der Waals surface area (Å²) in [5.41, 5.74) is -0.674. The number of carbonyl (C=O) groups is 1. The Kier molecular flexibility index (Phi) is 5.43. The van der Waals surface area contributed by atoms with E-state index in [2.05, 4.69) is 15.0 Å². The van der Waals surface area contributed by atoms with Crippen molar-refractivity contribution in [3.05, 3.63) is 41.9 Å². The first-order valence-corrected chi connectivity index (χ1v) is 8.23. The highest BCUT2D eigenvalue weighted by atomic mass is 19.4. The summed E-state index contributed by atoms with van der Waals surface area (Å²) in [4.78, 5) is 25.3. The number of ether oxygens (including phenoxy) is 2. The molecular weight excluding hydrogens is 365 g/mol. The highest BCUT2D eigenvalue weighted by Gasteiger charge is 2.33. The minimum Gasteiger partial charge on any atom is -0.481 e. The van der Waals surface area contributed by atoms with Gasteiger partial charge in [-0.15, -0.1) is 0 Å². The maximum absolute atomic E-state index is 12.7. The van der Waals surface area contributed by atoms with Gasteiger partial charge in [0.05, 0.1) is 19.2 Å². The van der Waals surface area contributed by atoms with Crippen molar-refractivity contribution in [2.45, 2.75) is 25.1 Å². The number of halogens is 3. The average molecular weight is 382 g/mol. The standard InChI is InChI=1S/C17H17F3N4O3/c1-26-14-5-4-11(9-22-14)15(25)24-8-2-3-12(10-24)27-16-21-7-6-13(23-16)17(18,19)20/h4-7,9,12H,2-3,8,10H2,1H3. The zero-order chi connectivity index (χ0) is 19.4. The first-order valence-electron chi connectivity index (χ1n) is 8.23. The van der Waals surface area contributed by atoms with Crippen LogP contribution in [0.2, 0.25) is 0 Å². The van der Waals surface area contributed by atoms with E-state index >= 15 is 0 Å². The lowest BCUT2D eigenvalue weighted by molar-refractivity contribution is -0.141. The van der Waals surface area contributed by atoms with Gasteiger partial charge < -0.3 is 14.4 Å². The summed E-state index contributed by atoms with van der Waals surface area (Å²) >= 11 is 0. The van der Waals surface area contributed by atoms with Gasteiger partial charge in [0.25, 0.3) is 5.91 Å². The van der Waals surface area contributed by atoms with Crippen LogP contribution < -0.4 is 9.47 Å². The van der Waals surface area contributed by atoms with Crippen LogP contribution in [0, 0.1) is 0 Å². The van der Waals surface area contributed by atoms with Gasteiger partial charge >= 0.3 is 12.2 Å². The van der Waals surface area contributed by atoms with Crippen LogP contribution >= 0.6 is 0 Å². The molecule has 144 valence electrons. The third kappa shape index (κ3) is 4.63. The van der Waals surface area contributed by atoms with Crippen molar-refractivity contribution in [1.29, 1.82) is 0 Å². The maximum atomic E-state index is 12.7. The van der Waals surface area contributed by atoms with Gasteiger partial charge in [-0.05, 0) is 25.0 Å². The zero-order valence-electron chi connectivity index (χ0n) is 14.4. The lowest BCUT2D eigenvalue weighted by atomic mass is 10.1. The van der Waals surface area contributed by atoms with E-state index in [4.69, 9.17) is 9.47 Å². The number of carbonyl (C=O) groups excluding carboxylic acids is 1. The number of aromatic nitrogens is 3. The van der Waals surface area contributed by atoms with Gasteiger partial charge in [0.2, 0.25) is 5.88 Å². The summed E-state index contributed by atoms with van der Waals surface area (Å²) in [6, 6.07) is 3.62. The monoisotopic (exact) mass is 382 g/mol. The molecule has 1 fully saturated rings. The van der Waals surface area contributed by atoms with Crippen LogP contribution in [0.1, 0.15) is 28.9 Å². The Bertz CT molecular complexity index is 799. The second-order valence-corrected chi connectivity index (χ2v) is 5.94. The zero-order valence-corrected chi connectivity index (χ0v) is 14.4. The largest absolute Gasteiger partial charge is 0.481 e. The quantitative estimate of drug-likeness (QED) is 0.809. The van der Waals surface area contributed by atoms with Crippen LogP contribution in [-0.4, -0.2) is 52.1 Å². The van der Waals surface area contributed by atoms with E-state index in [0.29, 0.717) is 30.8 Å². The average Bonchev–Trinajstić information content (AvgIpc) is 2.67. The van der Waals surface area contributed by atoms with Crippen LogP contribution in [0.15, 0.2) is 30.6 Å². The SMILES string of the molecule is COc1ccc(C(=O)N2CCCC(Oc3nccc(C(F)(F)F)n3)C2)cn1. The van der Waals surface area contributed by atoms with E-state index in [0.717, 1.165) is 12.3 Å². The number of nitrogens with zero attached hydrogens (tertiary/aromatic N) is 4. The molecule has 1 aliphatic heterocycles. The number of amides is 1. The molecule has 1 saturated heterocycles. The Morgan fingerprint density at radius 2 is 2.07 bits per heavy atom. The van der Waals surface area contributed by atoms with E-state index in [1.807, 2.05) is 0 Å². The summed E-state index contributed by atoms with van der Waals surface area (Å²) in [7, 11) is 1.48. The molecule has 7 nitrogen and oxygen atoms in total. The third-order valence-corrected chi connectivity index (χ3v) is 4.05. The number of likely N-dealkylation sites (tertiary alicyclic amines) is 1. The fraction of sp³-hybridized carbons (Fsp3) is 0.412. The number of hydrogen-bond donors (Lipinski definition) is 0. The number of alkyl halides is 3. The van der Waals surface area contributed by atoms with Gasteiger partial charge in [-0.25, -0.2) is 9.97 Å². The molecule has 0 bridgehead atoms. The van der Waals surface area contributed by atoms with Gasteiger partial charge in [-0.3, -0.25) is 4.79 Å². The van der Waals surface area contributed by atoms with Crippen molar-refractivity contribution in [2.75, 3.05) is 20.2 Å². The van der Waals surface area contributed by atoms with Crippen molar-refractivity contribution in [2.24, 2.45) is 0 Å². The topological polar surface area (TPSA) is 77.4 Å². The Hall–Kier alpha value is -2.91. The molecule has 1 amide bonds. The molecule has 0 radical (unpaired) electrons. The van der Waals surface area contributed by atoms with Crippen LogP contribution in [0.4, 0.5) is 13.2 Å². The highest BCUT2D eigenvalue weighted by molar-refractivity contribution is 5.94. The van der Waals surface area contributed by atoms with Gasteiger partial charge in [-0.1, -0.05) is 0 Å². The van der Waals surface area contributed by atoms with E-state index in [-0.39, 0.29) is 18.5 Å². The minimum atomic E-state index is -4.57. The number of hydrogen-bond acceptors (Lipinski definition) is 6. The van der Waals surface area contributed by atoms with Crippen LogP contribution in [0.5, 0.6) is 11.9 Å². The first-order chi connectivity index (χ1) is 12.9. The second-order valence-electron chi connectivity index (χ2n) is 5.94. The van der Waals surface area contributed by atoms with Crippen molar-refractivity contribution >= 4 is 5.91 Å². The fourth-order valence-electron chi connectivity index (χ4n) is 2.73. The smallest absolute Gasteiger partial charge is 0.433 e. The Balaban J connectivity index is 1.66. The first kappa shape index (κ1) is 18.9. The second kappa shape index (κ2) is 7.77. The van der Waals surface area contributed by atoms with Crippen LogP contribution in [0.3, 0.4) is 0 Å². The van der Waals surface area contributed by atoms with Crippen molar-refractivity contribution in [3.63, 3.8) is 0 Å². The summed E-state index contributed by atoms with van der Waals surface area (Å²) in [6.45, 7) is 0.749. The fourth-order valence-corrected chi connectivity index (χ4v) is 2.73. The van der Waals surface area contributed by atoms with Crippen molar-refractivity contribution in [3.8, 4) is 11.9 Å². The number of rotatable bonds is 4. The van der Waals surface area contributed by atoms with Crippen LogP contribution in [0.25, 0.3) is 0 Å². The van der Waals surface area contributed by atoms with E-state index in [9.17, 15) is 18.0 Å². The van der Waals surface area contributed by atoms with Gasteiger partial charge in [0.1, 0.15) is 6.10 Å². The molecule has 0 aliphatic carbocycles. The summed E-state index contributed by atoms with van der Waals surface area (Å²) < 4.78 is 48.7. The Morgan fingerprint density at radius 1 is 1.26 bits per heavy atom. The lowest BCUT2D eigenvalue weighted by Gasteiger charge is -2.32.